The number of esters is 1. The molecule has 0 rings (SSSR count). The monoisotopic (exact) mass is 202 g/mol. The van der Waals surface area contributed by atoms with E-state index in [4.69, 9.17) is 4.74 Å². The zero-order valence-corrected chi connectivity index (χ0v) is 8.77. The Labute approximate surface area is 83.6 Å². The number of carbonyl (C=O) groups excluding carboxylic acids is 2. The van der Waals surface area contributed by atoms with Crippen LogP contribution in [0, 0.1) is 0 Å². The lowest BCUT2D eigenvalue weighted by Crippen LogP contribution is -2.15. The molecule has 0 aromatic carbocycles. The van der Waals surface area contributed by atoms with Crippen molar-refractivity contribution in [1.29, 1.82) is 0 Å². The summed E-state index contributed by atoms with van der Waals surface area (Å²) in [6.45, 7) is 3.41. The number of ketones is 1. The van der Waals surface area contributed by atoms with E-state index in [1.165, 1.54) is 0 Å². The third-order valence-corrected chi connectivity index (χ3v) is 1.73. The molecule has 0 saturated heterocycles. The molecule has 0 aliphatic carbocycles. The summed E-state index contributed by atoms with van der Waals surface area (Å²) in [7, 11) is 0. The Morgan fingerprint density at radius 3 is 2.54 bits per heavy atom. The van der Waals surface area contributed by atoms with E-state index in [1.54, 1.807) is 13.0 Å². The van der Waals surface area contributed by atoms with Gasteiger partial charge in [-0.05, 0) is 13.3 Å². The van der Waals surface area contributed by atoms with Crippen LogP contribution in [0.15, 0.2) is 11.6 Å². The predicted octanol–water partition coefficient (Wildman–Crippen LogP) is 1.38. The van der Waals surface area contributed by atoms with E-state index in [2.05, 4.69) is 12.6 Å². The zero-order chi connectivity index (χ0) is 10.3. The number of rotatable bonds is 5. The van der Waals surface area contributed by atoms with Gasteiger partial charge in [0.2, 0.25) is 0 Å². The number of thiol groups is 1. The molecule has 0 N–H and O–H groups in total. The van der Waals surface area contributed by atoms with Crippen LogP contribution in [0.2, 0.25) is 0 Å². The largest absolute Gasteiger partial charge is 0.454 e. The lowest BCUT2D eigenvalue weighted by atomic mass is 10.2. The molecular weight excluding hydrogens is 188 g/mol. The number of carbonyl (C=O) groups is 2. The number of Topliss-reactive ketones (excluding diaryl/α,β-unsaturated/α-hetero) is 1. The van der Waals surface area contributed by atoms with Gasteiger partial charge in [-0.1, -0.05) is 13.0 Å². The number of hydrogen-bond acceptors (Lipinski definition) is 4. The van der Waals surface area contributed by atoms with Gasteiger partial charge in [0.15, 0.2) is 12.4 Å². The van der Waals surface area contributed by atoms with E-state index in [1.807, 2.05) is 6.92 Å². The third kappa shape index (κ3) is 5.47. The van der Waals surface area contributed by atoms with Crippen molar-refractivity contribution in [1.82, 2.24) is 0 Å². The molecular formula is C9H14O3S. The Bertz CT molecular complexity index is 221. The highest BCUT2D eigenvalue weighted by atomic mass is 32.1. The first-order chi connectivity index (χ1) is 6.11. The molecule has 0 saturated carbocycles. The fourth-order valence-electron chi connectivity index (χ4n) is 0.695. The van der Waals surface area contributed by atoms with Gasteiger partial charge in [-0.3, -0.25) is 4.79 Å². The van der Waals surface area contributed by atoms with Crippen LogP contribution in [-0.2, 0) is 14.3 Å². The molecule has 3 nitrogen and oxygen atoms in total. The predicted molar refractivity (Wildman–Crippen MR) is 53.9 cm³/mol. The van der Waals surface area contributed by atoms with E-state index in [9.17, 15) is 9.59 Å². The van der Waals surface area contributed by atoms with Crippen LogP contribution < -0.4 is 0 Å². The highest BCUT2D eigenvalue weighted by Gasteiger charge is 2.07. The van der Waals surface area contributed by atoms with E-state index >= 15 is 0 Å². The Hall–Kier alpha value is -0.770. The molecule has 0 radical (unpaired) electrons. The molecule has 0 fully saturated rings. The Morgan fingerprint density at radius 1 is 1.46 bits per heavy atom. The van der Waals surface area contributed by atoms with Crippen molar-refractivity contribution in [2.24, 2.45) is 0 Å². The second-order valence-corrected chi connectivity index (χ2v) is 2.88. The first-order valence-corrected chi connectivity index (χ1v) is 4.71. The summed E-state index contributed by atoms with van der Waals surface area (Å²) in [5, 5.41) is 0. The van der Waals surface area contributed by atoms with Gasteiger partial charge < -0.3 is 4.74 Å². The summed E-state index contributed by atoms with van der Waals surface area (Å²) < 4.78 is 4.70. The van der Waals surface area contributed by atoms with Gasteiger partial charge in [0.1, 0.15) is 0 Å². The molecule has 0 atom stereocenters. The van der Waals surface area contributed by atoms with E-state index < -0.39 is 5.97 Å². The van der Waals surface area contributed by atoms with Crippen molar-refractivity contribution in [3.63, 3.8) is 0 Å². The van der Waals surface area contributed by atoms with Crippen LogP contribution in [0.4, 0.5) is 0 Å². The minimum absolute atomic E-state index is 0.101. The lowest BCUT2D eigenvalue weighted by molar-refractivity contribution is -0.143. The molecule has 0 unspecified atom stereocenters. The zero-order valence-electron chi connectivity index (χ0n) is 7.87. The van der Waals surface area contributed by atoms with Crippen molar-refractivity contribution in [2.45, 2.75) is 20.3 Å². The van der Waals surface area contributed by atoms with Gasteiger partial charge in [-0.25, -0.2) is 4.79 Å². The second kappa shape index (κ2) is 6.71. The van der Waals surface area contributed by atoms with Crippen LogP contribution in [-0.4, -0.2) is 24.1 Å². The molecule has 13 heavy (non-hydrogen) atoms. The first kappa shape index (κ1) is 12.2. The van der Waals surface area contributed by atoms with Gasteiger partial charge in [-0.15, -0.1) is 0 Å². The van der Waals surface area contributed by atoms with Crippen LogP contribution in [0.5, 0.6) is 0 Å². The maximum absolute atomic E-state index is 11.1. The quantitative estimate of drug-likeness (QED) is 0.416. The molecule has 0 aromatic rings. The normalized spacial score (nSPS) is 11.2. The number of hydrogen-bond donors (Lipinski definition) is 1. The van der Waals surface area contributed by atoms with Crippen molar-refractivity contribution in [2.75, 3.05) is 12.4 Å². The van der Waals surface area contributed by atoms with Crippen LogP contribution >= 0.6 is 12.6 Å². The Morgan fingerprint density at radius 2 is 2.08 bits per heavy atom. The van der Waals surface area contributed by atoms with Gasteiger partial charge in [0.25, 0.3) is 0 Å². The van der Waals surface area contributed by atoms with Gasteiger partial charge in [-0.2, -0.15) is 12.6 Å². The van der Waals surface area contributed by atoms with Gasteiger partial charge >= 0.3 is 5.97 Å². The fourth-order valence-corrected chi connectivity index (χ4v) is 0.786. The van der Waals surface area contributed by atoms with Crippen LogP contribution in [0.3, 0.4) is 0 Å². The molecule has 0 spiro atoms. The van der Waals surface area contributed by atoms with Crippen molar-refractivity contribution < 1.29 is 14.3 Å². The van der Waals surface area contributed by atoms with E-state index in [0.717, 1.165) is 6.42 Å². The molecule has 74 valence electrons. The van der Waals surface area contributed by atoms with Crippen LogP contribution in [0.1, 0.15) is 20.3 Å². The molecule has 0 bridgehead atoms. The van der Waals surface area contributed by atoms with Gasteiger partial charge in [0, 0.05) is 5.57 Å². The number of allylic oxidation sites excluding steroid dienone is 1. The topological polar surface area (TPSA) is 43.4 Å². The molecule has 4 heteroatoms. The smallest absolute Gasteiger partial charge is 0.333 e. The standard InChI is InChI=1S/C9H14O3S/c1-3-4-7(2)9(11)12-5-8(10)6-13/h4,13H,3,5-6H2,1-2H3. The number of ether oxygens (including phenoxy) is 1. The first-order valence-electron chi connectivity index (χ1n) is 4.08. The highest BCUT2D eigenvalue weighted by Crippen LogP contribution is 1.98. The summed E-state index contributed by atoms with van der Waals surface area (Å²) in [4.78, 5) is 21.8. The summed E-state index contributed by atoms with van der Waals surface area (Å²) in [6.07, 6.45) is 2.54. The molecule has 0 aliphatic rings. The minimum Gasteiger partial charge on any atom is -0.454 e. The SMILES string of the molecule is CCC=C(C)C(=O)OCC(=O)CS. The Balaban J connectivity index is 3.88. The fraction of sp³-hybridized carbons (Fsp3) is 0.556. The summed E-state index contributed by atoms with van der Waals surface area (Å²) in [5.74, 6) is -0.526. The van der Waals surface area contributed by atoms with Gasteiger partial charge in [0.05, 0.1) is 5.75 Å². The highest BCUT2D eigenvalue weighted by molar-refractivity contribution is 7.81. The van der Waals surface area contributed by atoms with Crippen molar-refractivity contribution >= 4 is 24.4 Å². The summed E-state index contributed by atoms with van der Waals surface area (Å²) >= 11 is 3.76. The molecule has 0 aromatic heterocycles. The molecule has 0 aliphatic heterocycles. The van der Waals surface area contributed by atoms with Crippen molar-refractivity contribution in [3.8, 4) is 0 Å². The summed E-state index contributed by atoms with van der Waals surface area (Å²) in [5.41, 5.74) is 0.537. The van der Waals surface area contributed by atoms with E-state index in [0.29, 0.717) is 5.57 Å². The van der Waals surface area contributed by atoms with Crippen LogP contribution in [0.25, 0.3) is 0 Å². The molecule has 0 heterocycles. The minimum atomic E-state index is -0.433. The maximum atomic E-state index is 11.1. The Kier molecular flexibility index (Phi) is 6.32. The second-order valence-electron chi connectivity index (χ2n) is 2.57. The summed E-state index contributed by atoms with van der Waals surface area (Å²) in [6, 6.07) is 0. The van der Waals surface area contributed by atoms with Crippen molar-refractivity contribution in [3.05, 3.63) is 11.6 Å². The average Bonchev–Trinajstić information content (AvgIpc) is 2.13. The van der Waals surface area contributed by atoms with E-state index in [-0.39, 0.29) is 18.1 Å². The molecule has 0 amide bonds. The average molecular weight is 202 g/mol. The lowest BCUT2D eigenvalue weighted by Gasteiger charge is -2.02. The maximum Gasteiger partial charge on any atom is 0.333 e. The third-order valence-electron chi connectivity index (χ3n) is 1.37.